The predicted octanol–water partition coefficient (Wildman–Crippen LogP) is 2.28. The lowest BCUT2D eigenvalue weighted by molar-refractivity contribution is -0.109. The van der Waals surface area contributed by atoms with Gasteiger partial charge in [-0.05, 0) is 44.4 Å². The molecule has 0 aliphatic carbocycles. The maximum absolute atomic E-state index is 12.4. The van der Waals surface area contributed by atoms with Gasteiger partial charge in [0.15, 0.2) is 6.29 Å². The molecule has 1 unspecified atom stereocenters. The summed E-state index contributed by atoms with van der Waals surface area (Å²) in [7, 11) is 0. The van der Waals surface area contributed by atoms with Crippen LogP contribution in [0.2, 0.25) is 0 Å². The van der Waals surface area contributed by atoms with Crippen LogP contribution in [0.3, 0.4) is 0 Å². The Morgan fingerprint density at radius 2 is 2.32 bits per heavy atom. The number of likely N-dealkylation sites (tertiary alicyclic amines) is 1. The first-order chi connectivity index (χ1) is 9.22. The zero-order valence-electron chi connectivity index (χ0n) is 11.2. The molecule has 1 amide bonds. The first-order valence-electron chi connectivity index (χ1n) is 6.70. The van der Waals surface area contributed by atoms with Gasteiger partial charge in [-0.1, -0.05) is 6.07 Å². The van der Waals surface area contributed by atoms with Gasteiger partial charge in [-0.2, -0.15) is 0 Å². The van der Waals surface area contributed by atoms with Gasteiger partial charge >= 0.3 is 0 Å². The minimum absolute atomic E-state index is 0.0117. The van der Waals surface area contributed by atoms with E-state index in [9.17, 15) is 9.59 Å². The number of hydrogen-bond acceptors (Lipinski definition) is 3. The van der Waals surface area contributed by atoms with Crippen LogP contribution in [0.25, 0.3) is 0 Å². The fourth-order valence-corrected chi connectivity index (χ4v) is 2.41. The number of hydrogen-bond donors (Lipinski definition) is 0. The van der Waals surface area contributed by atoms with Gasteiger partial charge in [-0.15, -0.1) is 0 Å². The van der Waals surface area contributed by atoms with E-state index >= 15 is 0 Å². The highest BCUT2D eigenvalue weighted by Gasteiger charge is 2.24. The van der Waals surface area contributed by atoms with Crippen molar-refractivity contribution in [3.05, 3.63) is 29.8 Å². The Kier molecular flexibility index (Phi) is 4.55. The molecule has 0 saturated carbocycles. The van der Waals surface area contributed by atoms with Gasteiger partial charge in [0.25, 0.3) is 5.91 Å². The minimum Gasteiger partial charge on any atom is -0.486 e. The quantitative estimate of drug-likeness (QED) is 0.781. The van der Waals surface area contributed by atoms with Crippen LogP contribution in [0.5, 0.6) is 5.75 Å². The van der Waals surface area contributed by atoms with E-state index in [0.29, 0.717) is 23.6 Å². The second-order valence-corrected chi connectivity index (χ2v) is 4.85. The van der Waals surface area contributed by atoms with Crippen LogP contribution in [0, 0.1) is 0 Å². The molecule has 1 aromatic carbocycles. The summed E-state index contributed by atoms with van der Waals surface area (Å²) in [5.74, 6) is 0.603. The number of rotatable bonds is 4. The molecule has 1 aliphatic rings. The van der Waals surface area contributed by atoms with Gasteiger partial charge in [0.1, 0.15) is 12.4 Å². The molecule has 4 heteroatoms. The van der Waals surface area contributed by atoms with E-state index in [1.165, 1.54) is 6.42 Å². The summed E-state index contributed by atoms with van der Waals surface area (Å²) in [5.41, 5.74) is 0.622. The van der Waals surface area contributed by atoms with Crippen LogP contribution in [0.4, 0.5) is 0 Å². The van der Waals surface area contributed by atoms with Crippen LogP contribution in [-0.4, -0.2) is 36.3 Å². The zero-order valence-corrected chi connectivity index (χ0v) is 11.2. The molecule has 0 radical (unpaired) electrons. The standard InChI is InChI=1S/C15H19NO3/c1-12-5-2-3-8-16(12)15(18)13-6-4-7-14(11-13)19-10-9-17/h4,6-7,9,11-12H,2-3,5,8,10H2,1H3. The minimum atomic E-state index is 0.0117. The molecule has 102 valence electrons. The fourth-order valence-electron chi connectivity index (χ4n) is 2.41. The molecule has 1 aromatic rings. The largest absolute Gasteiger partial charge is 0.486 e. The molecule has 19 heavy (non-hydrogen) atoms. The van der Waals surface area contributed by atoms with Crippen LogP contribution in [-0.2, 0) is 4.79 Å². The van der Waals surface area contributed by atoms with E-state index in [1.54, 1.807) is 24.3 Å². The molecule has 0 aromatic heterocycles. The van der Waals surface area contributed by atoms with Gasteiger partial charge in [-0.3, -0.25) is 9.59 Å². The molecule has 0 N–H and O–H groups in total. The Labute approximate surface area is 113 Å². The lowest BCUT2D eigenvalue weighted by atomic mass is 10.0. The molecule has 2 rings (SSSR count). The van der Waals surface area contributed by atoms with Gasteiger partial charge in [0, 0.05) is 18.2 Å². The number of amides is 1. The van der Waals surface area contributed by atoms with Crippen molar-refractivity contribution >= 4 is 12.2 Å². The number of aldehydes is 1. The third-order valence-corrected chi connectivity index (χ3v) is 3.46. The number of carbonyl (C=O) groups excluding carboxylic acids is 2. The average Bonchev–Trinajstić information content (AvgIpc) is 2.45. The first-order valence-corrected chi connectivity index (χ1v) is 6.70. The highest BCUT2D eigenvalue weighted by Crippen LogP contribution is 2.21. The van der Waals surface area contributed by atoms with Crippen molar-refractivity contribution in [2.24, 2.45) is 0 Å². The summed E-state index contributed by atoms with van der Waals surface area (Å²) in [6.45, 7) is 2.92. The third-order valence-electron chi connectivity index (χ3n) is 3.46. The molecular formula is C15H19NO3. The lowest BCUT2D eigenvalue weighted by Crippen LogP contribution is -2.42. The Morgan fingerprint density at radius 1 is 1.47 bits per heavy atom. The monoisotopic (exact) mass is 261 g/mol. The fraction of sp³-hybridized carbons (Fsp3) is 0.467. The average molecular weight is 261 g/mol. The summed E-state index contributed by atoms with van der Waals surface area (Å²) in [5, 5.41) is 0. The molecule has 1 saturated heterocycles. The van der Waals surface area contributed by atoms with Crippen molar-refractivity contribution in [3.63, 3.8) is 0 Å². The molecule has 0 spiro atoms. The van der Waals surface area contributed by atoms with E-state index < -0.39 is 0 Å². The van der Waals surface area contributed by atoms with Crippen LogP contribution >= 0.6 is 0 Å². The zero-order chi connectivity index (χ0) is 13.7. The van der Waals surface area contributed by atoms with Crippen molar-refractivity contribution in [3.8, 4) is 5.75 Å². The van der Waals surface area contributed by atoms with Crippen molar-refractivity contribution in [1.29, 1.82) is 0 Å². The molecule has 1 atom stereocenters. The van der Waals surface area contributed by atoms with Crippen LogP contribution < -0.4 is 4.74 Å². The number of piperidine rings is 1. The summed E-state index contributed by atoms with van der Waals surface area (Å²) in [6.07, 6.45) is 4.01. The Balaban J connectivity index is 2.11. The Hall–Kier alpha value is -1.84. The number of nitrogens with zero attached hydrogens (tertiary/aromatic N) is 1. The summed E-state index contributed by atoms with van der Waals surface area (Å²) >= 11 is 0. The second-order valence-electron chi connectivity index (χ2n) is 4.85. The number of benzene rings is 1. The van der Waals surface area contributed by atoms with E-state index in [2.05, 4.69) is 6.92 Å². The second kappa shape index (κ2) is 6.36. The van der Waals surface area contributed by atoms with Crippen molar-refractivity contribution in [1.82, 2.24) is 4.90 Å². The summed E-state index contributed by atoms with van der Waals surface area (Å²) < 4.78 is 5.22. The first kappa shape index (κ1) is 13.6. The lowest BCUT2D eigenvalue weighted by Gasteiger charge is -2.33. The number of carbonyl (C=O) groups is 2. The molecular weight excluding hydrogens is 242 g/mol. The van der Waals surface area contributed by atoms with E-state index in [0.717, 1.165) is 19.4 Å². The van der Waals surface area contributed by atoms with Gasteiger partial charge in [-0.25, -0.2) is 0 Å². The smallest absolute Gasteiger partial charge is 0.254 e. The Morgan fingerprint density at radius 3 is 3.05 bits per heavy atom. The van der Waals surface area contributed by atoms with Crippen molar-refractivity contribution in [2.45, 2.75) is 32.2 Å². The molecule has 0 bridgehead atoms. The van der Waals surface area contributed by atoms with Crippen molar-refractivity contribution in [2.75, 3.05) is 13.2 Å². The summed E-state index contributed by atoms with van der Waals surface area (Å²) in [6, 6.07) is 7.31. The van der Waals surface area contributed by atoms with E-state index in [4.69, 9.17) is 4.74 Å². The van der Waals surface area contributed by atoms with Gasteiger partial charge in [0.05, 0.1) is 0 Å². The normalized spacial score (nSPS) is 19.0. The maximum Gasteiger partial charge on any atom is 0.254 e. The number of ether oxygens (including phenoxy) is 1. The topological polar surface area (TPSA) is 46.6 Å². The molecule has 1 aliphatic heterocycles. The third kappa shape index (κ3) is 3.34. The van der Waals surface area contributed by atoms with Gasteiger partial charge in [0.2, 0.25) is 0 Å². The molecule has 1 fully saturated rings. The van der Waals surface area contributed by atoms with E-state index in [-0.39, 0.29) is 12.5 Å². The Bertz CT molecular complexity index is 458. The maximum atomic E-state index is 12.4. The molecule has 4 nitrogen and oxygen atoms in total. The highest BCUT2D eigenvalue weighted by atomic mass is 16.5. The highest BCUT2D eigenvalue weighted by molar-refractivity contribution is 5.94. The van der Waals surface area contributed by atoms with Crippen LogP contribution in [0.1, 0.15) is 36.5 Å². The predicted molar refractivity (Wildman–Crippen MR) is 72.4 cm³/mol. The van der Waals surface area contributed by atoms with Crippen molar-refractivity contribution < 1.29 is 14.3 Å². The van der Waals surface area contributed by atoms with Crippen LogP contribution in [0.15, 0.2) is 24.3 Å². The SMILES string of the molecule is CC1CCCCN1C(=O)c1cccc(OCC=O)c1. The van der Waals surface area contributed by atoms with E-state index in [1.807, 2.05) is 4.90 Å². The van der Waals surface area contributed by atoms with Gasteiger partial charge < -0.3 is 9.64 Å². The summed E-state index contributed by atoms with van der Waals surface area (Å²) in [4.78, 5) is 24.6. The molecule has 1 heterocycles.